The smallest absolute Gasteiger partial charge is 0.248 e. The SMILES string of the molecule is COc1ccc(CN(C)[C@@H](C)C(=O)Nc2ccc(C(N)=O)cc2)cc1OC. The third kappa shape index (κ3) is 5.21. The van der Waals surface area contributed by atoms with Crippen LogP contribution < -0.4 is 20.5 Å². The van der Waals surface area contributed by atoms with Crippen LogP contribution in [0.5, 0.6) is 11.5 Å². The lowest BCUT2D eigenvalue weighted by Gasteiger charge is -2.24. The number of benzene rings is 2. The molecule has 0 aliphatic rings. The van der Waals surface area contributed by atoms with Crippen molar-refractivity contribution in [2.24, 2.45) is 5.73 Å². The van der Waals surface area contributed by atoms with Gasteiger partial charge in [-0.1, -0.05) is 6.07 Å². The van der Waals surface area contributed by atoms with E-state index in [0.29, 0.717) is 29.3 Å². The second-order valence-electron chi connectivity index (χ2n) is 6.21. The molecule has 0 unspecified atom stereocenters. The van der Waals surface area contributed by atoms with Gasteiger partial charge in [0.15, 0.2) is 11.5 Å². The van der Waals surface area contributed by atoms with Crippen molar-refractivity contribution >= 4 is 17.5 Å². The maximum Gasteiger partial charge on any atom is 0.248 e. The van der Waals surface area contributed by atoms with Crippen LogP contribution in [0.4, 0.5) is 5.69 Å². The van der Waals surface area contributed by atoms with Gasteiger partial charge in [-0.15, -0.1) is 0 Å². The molecule has 0 saturated heterocycles. The van der Waals surface area contributed by atoms with Crippen LogP contribution in [0, 0.1) is 0 Å². The van der Waals surface area contributed by atoms with Crippen LogP contribution in [-0.4, -0.2) is 44.0 Å². The van der Waals surface area contributed by atoms with E-state index in [9.17, 15) is 9.59 Å². The average Bonchev–Trinajstić information content (AvgIpc) is 2.67. The summed E-state index contributed by atoms with van der Waals surface area (Å²) < 4.78 is 10.6. The lowest BCUT2D eigenvalue weighted by Crippen LogP contribution is -2.39. The molecule has 27 heavy (non-hydrogen) atoms. The minimum Gasteiger partial charge on any atom is -0.493 e. The Balaban J connectivity index is 2.00. The Hall–Kier alpha value is -3.06. The molecule has 0 aliphatic carbocycles. The number of rotatable bonds is 8. The number of carbonyl (C=O) groups excluding carboxylic acids is 2. The van der Waals surface area contributed by atoms with E-state index >= 15 is 0 Å². The number of methoxy groups -OCH3 is 2. The highest BCUT2D eigenvalue weighted by atomic mass is 16.5. The lowest BCUT2D eigenvalue weighted by molar-refractivity contribution is -0.120. The van der Waals surface area contributed by atoms with Crippen LogP contribution in [0.3, 0.4) is 0 Å². The Kier molecular flexibility index (Phi) is 6.79. The van der Waals surface area contributed by atoms with Gasteiger partial charge in [-0.3, -0.25) is 14.5 Å². The number of nitrogens with one attached hydrogen (secondary N) is 1. The molecule has 0 aromatic heterocycles. The number of hydrogen-bond donors (Lipinski definition) is 2. The number of nitrogens with two attached hydrogens (primary N) is 1. The molecule has 0 bridgehead atoms. The Morgan fingerprint density at radius 2 is 1.70 bits per heavy atom. The fourth-order valence-electron chi connectivity index (χ4n) is 2.57. The largest absolute Gasteiger partial charge is 0.493 e. The molecular weight excluding hydrogens is 346 g/mol. The summed E-state index contributed by atoms with van der Waals surface area (Å²) >= 11 is 0. The van der Waals surface area contributed by atoms with Crippen molar-refractivity contribution in [3.63, 3.8) is 0 Å². The van der Waals surface area contributed by atoms with Gasteiger partial charge >= 0.3 is 0 Å². The molecule has 2 aromatic carbocycles. The topological polar surface area (TPSA) is 93.9 Å². The lowest BCUT2D eigenvalue weighted by atomic mass is 10.1. The van der Waals surface area contributed by atoms with E-state index in [-0.39, 0.29) is 11.9 Å². The molecule has 0 radical (unpaired) electrons. The van der Waals surface area contributed by atoms with E-state index in [1.807, 2.05) is 37.1 Å². The van der Waals surface area contributed by atoms with Crippen molar-refractivity contribution in [2.75, 3.05) is 26.6 Å². The monoisotopic (exact) mass is 371 g/mol. The number of hydrogen-bond acceptors (Lipinski definition) is 5. The standard InChI is InChI=1S/C20H25N3O4/c1-13(20(25)22-16-8-6-15(7-9-16)19(21)24)23(2)12-14-5-10-17(26-3)18(11-14)27-4/h5-11,13H,12H2,1-4H3,(H2,21,24)(H,22,25)/t13-/m0/s1. The molecule has 7 heteroatoms. The first-order valence-corrected chi connectivity index (χ1v) is 8.47. The minimum absolute atomic E-state index is 0.148. The van der Waals surface area contributed by atoms with Gasteiger partial charge in [0, 0.05) is 17.8 Å². The summed E-state index contributed by atoms with van der Waals surface area (Å²) in [5.41, 5.74) is 7.22. The fourth-order valence-corrected chi connectivity index (χ4v) is 2.57. The van der Waals surface area contributed by atoms with Crippen molar-refractivity contribution < 1.29 is 19.1 Å². The van der Waals surface area contributed by atoms with Crippen LogP contribution in [0.2, 0.25) is 0 Å². The summed E-state index contributed by atoms with van der Waals surface area (Å²) in [6, 6.07) is 11.8. The Bertz CT molecular complexity index is 805. The van der Waals surface area contributed by atoms with E-state index in [1.165, 1.54) is 0 Å². The van der Waals surface area contributed by atoms with Crippen molar-refractivity contribution in [3.05, 3.63) is 53.6 Å². The van der Waals surface area contributed by atoms with E-state index in [2.05, 4.69) is 5.32 Å². The number of amides is 2. The summed E-state index contributed by atoms with van der Waals surface area (Å²) in [4.78, 5) is 25.5. The van der Waals surface area contributed by atoms with Gasteiger partial charge in [0.25, 0.3) is 0 Å². The molecule has 2 aromatic rings. The predicted octanol–water partition coefficient (Wildman–Crippen LogP) is 2.26. The molecule has 0 aliphatic heterocycles. The third-order valence-electron chi connectivity index (χ3n) is 4.36. The molecule has 0 spiro atoms. The van der Waals surface area contributed by atoms with E-state index in [4.69, 9.17) is 15.2 Å². The predicted molar refractivity (Wildman–Crippen MR) is 104 cm³/mol. The fraction of sp³-hybridized carbons (Fsp3) is 0.300. The van der Waals surface area contributed by atoms with Gasteiger partial charge in [-0.05, 0) is 55.9 Å². The molecule has 0 heterocycles. The van der Waals surface area contributed by atoms with E-state index < -0.39 is 5.91 Å². The number of nitrogens with zero attached hydrogens (tertiary/aromatic N) is 1. The van der Waals surface area contributed by atoms with E-state index in [1.54, 1.807) is 38.5 Å². The molecule has 1 atom stereocenters. The zero-order valence-electron chi connectivity index (χ0n) is 16.0. The molecule has 7 nitrogen and oxygen atoms in total. The van der Waals surface area contributed by atoms with Gasteiger partial charge in [0.1, 0.15) is 0 Å². The zero-order valence-corrected chi connectivity index (χ0v) is 16.0. The van der Waals surface area contributed by atoms with Gasteiger partial charge < -0.3 is 20.5 Å². The highest BCUT2D eigenvalue weighted by Gasteiger charge is 2.19. The zero-order chi connectivity index (χ0) is 20.0. The molecule has 3 N–H and O–H groups in total. The molecule has 144 valence electrons. The van der Waals surface area contributed by atoms with Crippen molar-refractivity contribution in [1.29, 1.82) is 0 Å². The van der Waals surface area contributed by atoms with Crippen LogP contribution in [0.15, 0.2) is 42.5 Å². The van der Waals surface area contributed by atoms with Crippen molar-refractivity contribution in [2.45, 2.75) is 19.5 Å². The second-order valence-corrected chi connectivity index (χ2v) is 6.21. The number of ether oxygens (including phenoxy) is 2. The molecule has 0 saturated carbocycles. The molecule has 2 amide bonds. The summed E-state index contributed by atoms with van der Waals surface area (Å²) in [6.07, 6.45) is 0. The summed E-state index contributed by atoms with van der Waals surface area (Å²) in [6.45, 7) is 2.39. The quantitative estimate of drug-likeness (QED) is 0.742. The van der Waals surface area contributed by atoms with Gasteiger partial charge in [-0.2, -0.15) is 0 Å². The van der Waals surface area contributed by atoms with Gasteiger partial charge in [-0.25, -0.2) is 0 Å². The Labute approximate surface area is 159 Å². The first kappa shape index (κ1) is 20.3. The second kappa shape index (κ2) is 9.05. The third-order valence-corrected chi connectivity index (χ3v) is 4.36. The van der Waals surface area contributed by atoms with Crippen LogP contribution in [0.1, 0.15) is 22.8 Å². The van der Waals surface area contributed by atoms with E-state index in [0.717, 1.165) is 5.56 Å². The summed E-state index contributed by atoms with van der Waals surface area (Å²) in [5, 5.41) is 2.84. The van der Waals surface area contributed by atoms with Gasteiger partial charge in [0.05, 0.1) is 20.3 Å². The van der Waals surface area contributed by atoms with Gasteiger partial charge in [0.2, 0.25) is 11.8 Å². The highest BCUT2D eigenvalue weighted by Crippen LogP contribution is 2.28. The summed E-state index contributed by atoms with van der Waals surface area (Å²) in [5.74, 6) is 0.657. The number of carbonyl (C=O) groups is 2. The Morgan fingerprint density at radius 1 is 1.07 bits per heavy atom. The maximum absolute atomic E-state index is 12.5. The van der Waals surface area contributed by atoms with Crippen molar-refractivity contribution in [1.82, 2.24) is 4.90 Å². The molecular formula is C20H25N3O4. The normalized spacial score (nSPS) is 11.7. The highest BCUT2D eigenvalue weighted by molar-refractivity contribution is 5.96. The summed E-state index contributed by atoms with van der Waals surface area (Å²) in [7, 11) is 5.05. The van der Waals surface area contributed by atoms with Crippen LogP contribution in [0.25, 0.3) is 0 Å². The number of primary amides is 1. The Morgan fingerprint density at radius 3 is 2.26 bits per heavy atom. The minimum atomic E-state index is -0.504. The average molecular weight is 371 g/mol. The van der Waals surface area contributed by atoms with Crippen molar-refractivity contribution in [3.8, 4) is 11.5 Å². The van der Waals surface area contributed by atoms with Crippen LogP contribution >= 0.6 is 0 Å². The number of anilines is 1. The number of likely N-dealkylation sites (N-methyl/N-ethyl adjacent to an activating group) is 1. The first-order chi connectivity index (χ1) is 12.8. The first-order valence-electron chi connectivity index (χ1n) is 8.47. The molecule has 2 rings (SSSR count). The van der Waals surface area contributed by atoms with Crippen LogP contribution in [-0.2, 0) is 11.3 Å². The molecule has 0 fully saturated rings. The maximum atomic E-state index is 12.5.